The van der Waals surface area contributed by atoms with Crippen LogP contribution in [0.15, 0.2) is 46.9 Å². The fourth-order valence-corrected chi connectivity index (χ4v) is 3.07. The van der Waals surface area contributed by atoms with Crippen LogP contribution < -0.4 is 10.2 Å². The van der Waals surface area contributed by atoms with E-state index in [0.717, 1.165) is 40.8 Å². The molecule has 0 unspecified atom stereocenters. The van der Waals surface area contributed by atoms with Crippen LogP contribution in [0.25, 0.3) is 0 Å². The second kappa shape index (κ2) is 6.53. The largest absolute Gasteiger partial charge is 0.376 e. The minimum atomic E-state index is 0.118. The van der Waals surface area contributed by atoms with Crippen LogP contribution in [-0.2, 0) is 11.2 Å². The number of para-hydroxylation sites is 1. The van der Waals surface area contributed by atoms with Crippen LogP contribution in [0.3, 0.4) is 0 Å². The summed E-state index contributed by atoms with van der Waals surface area (Å²) in [5.74, 6) is 0.118. The van der Waals surface area contributed by atoms with Gasteiger partial charge in [-0.25, -0.2) is 0 Å². The quantitative estimate of drug-likeness (QED) is 0.893. The summed E-state index contributed by atoms with van der Waals surface area (Å²) in [5, 5.41) is 3.23. The number of hydrogen-bond acceptors (Lipinski definition) is 2. The minimum Gasteiger partial charge on any atom is -0.376 e. The molecule has 22 heavy (non-hydrogen) atoms. The smallest absolute Gasteiger partial charge is 0.246 e. The van der Waals surface area contributed by atoms with E-state index in [4.69, 9.17) is 0 Å². The van der Waals surface area contributed by atoms with Gasteiger partial charge < -0.3 is 10.2 Å². The van der Waals surface area contributed by atoms with Crippen molar-refractivity contribution >= 4 is 33.2 Å². The number of halogens is 1. The molecule has 1 aliphatic heterocycles. The van der Waals surface area contributed by atoms with Crippen molar-refractivity contribution in [2.45, 2.75) is 19.8 Å². The van der Waals surface area contributed by atoms with Crippen molar-refractivity contribution < 1.29 is 4.79 Å². The number of aryl methyl sites for hydroxylation is 2. The number of carbonyl (C=O) groups is 1. The fraction of sp³-hybridized carbons (Fsp3) is 0.278. The molecular weight excluding hydrogens is 340 g/mol. The van der Waals surface area contributed by atoms with Crippen molar-refractivity contribution in [2.24, 2.45) is 0 Å². The van der Waals surface area contributed by atoms with Crippen LogP contribution in [0.4, 0.5) is 11.4 Å². The molecule has 4 heteroatoms. The number of hydrogen-bond donors (Lipinski definition) is 1. The molecule has 2 aromatic carbocycles. The zero-order chi connectivity index (χ0) is 15.5. The zero-order valence-corrected chi connectivity index (χ0v) is 14.2. The molecule has 1 amide bonds. The number of nitrogens with zero attached hydrogens (tertiary/aromatic N) is 1. The van der Waals surface area contributed by atoms with Crippen molar-refractivity contribution in [1.82, 2.24) is 0 Å². The molecule has 3 nitrogen and oxygen atoms in total. The normalized spacial score (nSPS) is 13.6. The molecule has 0 aliphatic carbocycles. The molecule has 0 saturated heterocycles. The first kappa shape index (κ1) is 15.1. The van der Waals surface area contributed by atoms with E-state index in [-0.39, 0.29) is 5.91 Å². The number of benzene rings is 2. The summed E-state index contributed by atoms with van der Waals surface area (Å²) in [6, 6.07) is 14.2. The Bertz CT molecular complexity index is 699. The lowest BCUT2D eigenvalue weighted by atomic mass is 10.0. The average molecular weight is 359 g/mol. The van der Waals surface area contributed by atoms with Gasteiger partial charge in [0.25, 0.3) is 0 Å². The maximum absolute atomic E-state index is 12.5. The van der Waals surface area contributed by atoms with Crippen molar-refractivity contribution in [3.05, 3.63) is 58.1 Å². The maximum Gasteiger partial charge on any atom is 0.246 e. The molecule has 114 valence electrons. The Morgan fingerprint density at radius 3 is 2.91 bits per heavy atom. The van der Waals surface area contributed by atoms with E-state index in [1.54, 1.807) is 0 Å². The van der Waals surface area contributed by atoms with Crippen molar-refractivity contribution in [3.63, 3.8) is 0 Å². The molecular formula is C18H19BrN2O. The summed E-state index contributed by atoms with van der Waals surface area (Å²) in [6.07, 6.45) is 2.08. The van der Waals surface area contributed by atoms with Gasteiger partial charge in [0.05, 0.1) is 6.54 Å². The lowest BCUT2D eigenvalue weighted by molar-refractivity contribution is -0.117. The first-order valence-electron chi connectivity index (χ1n) is 7.53. The van der Waals surface area contributed by atoms with Gasteiger partial charge in [0.1, 0.15) is 0 Å². The summed E-state index contributed by atoms with van der Waals surface area (Å²) in [5.41, 5.74) is 4.45. The molecule has 2 aromatic rings. The van der Waals surface area contributed by atoms with Gasteiger partial charge in [-0.3, -0.25) is 4.79 Å². The van der Waals surface area contributed by atoms with Gasteiger partial charge in [-0.05, 0) is 55.2 Å². The molecule has 0 radical (unpaired) electrons. The predicted octanol–water partition coefficient (Wildman–Crippen LogP) is 4.15. The highest BCUT2D eigenvalue weighted by atomic mass is 79.9. The average Bonchev–Trinajstić information content (AvgIpc) is 2.55. The molecule has 0 fully saturated rings. The Morgan fingerprint density at radius 1 is 1.27 bits per heavy atom. The van der Waals surface area contributed by atoms with Gasteiger partial charge >= 0.3 is 0 Å². The predicted molar refractivity (Wildman–Crippen MR) is 94.5 cm³/mol. The van der Waals surface area contributed by atoms with Crippen LogP contribution in [0, 0.1) is 6.92 Å². The van der Waals surface area contributed by atoms with Gasteiger partial charge in [0, 0.05) is 22.4 Å². The molecule has 3 rings (SSSR count). The Morgan fingerprint density at radius 2 is 2.09 bits per heavy atom. The first-order valence-corrected chi connectivity index (χ1v) is 8.33. The minimum absolute atomic E-state index is 0.118. The van der Waals surface area contributed by atoms with E-state index in [0.29, 0.717) is 6.54 Å². The third kappa shape index (κ3) is 3.17. The van der Waals surface area contributed by atoms with Crippen LogP contribution in [0.1, 0.15) is 17.5 Å². The SMILES string of the molecule is Cc1cc(NCC(=O)N2CCCc3ccccc32)ccc1Br. The van der Waals surface area contributed by atoms with Gasteiger partial charge in [0.2, 0.25) is 5.91 Å². The Kier molecular flexibility index (Phi) is 4.48. The first-order chi connectivity index (χ1) is 10.6. The Labute approximate surface area is 139 Å². The lowest BCUT2D eigenvalue weighted by Gasteiger charge is -2.29. The van der Waals surface area contributed by atoms with Crippen LogP contribution in [0.2, 0.25) is 0 Å². The highest BCUT2D eigenvalue weighted by Crippen LogP contribution is 2.27. The van der Waals surface area contributed by atoms with Crippen LogP contribution in [0.5, 0.6) is 0 Å². The highest BCUT2D eigenvalue weighted by Gasteiger charge is 2.21. The van der Waals surface area contributed by atoms with Crippen molar-refractivity contribution in [2.75, 3.05) is 23.3 Å². The fourth-order valence-electron chi connectivity index (χ4n) is 2.82. The molecule has 0 spiro atoms. The molecule has 1 N–H and O–H groups in total. The number of amides is 1. The summed E-state index contributed by atoms with van der Waals surface area (Å²) >= 11 is 3.49. The van der Waals surface area contributed by atoms with Gasteiger partial charge in [-0.2, -0.15) is 0 Å². The molecule has 0 saturated carbocycles. The molecule has 0 bridgehead atoms. The van der Waals surface area contributed by atoms with E-state index in [1.165, 1.54) is 5.56 Å². The number of anilines is 2. The maximum atomic E-state index is 12.5. The number of nitrogens with one attached hydrogen (secondary N) is 1. The van der Waals surface area contributed by atoms with E-state index in [1.807, 2.05) is 48.2 Å². The third-order valence-corrected chi connectivity index (χ3v) is 4.90. The summed E-state index contributed by atoms with van der Waals surface area (Å²) in [6.45, 7) is 3.16. The second-order valence-electron chi connectivity index (χ2n) is 5.60. The summed E-state index contributed by atoms with van der Waals surface area (Å²) in [7, 11) is 0. The van der Waals surface area contributed by atoms with Crippen molar-refractivity contribution in [1.29, 1.82) is 0 Å². The summed E-state index contributed by atoms with van der Waals surface area (Å²) in [4.78, 5) is 14.4. The van der Waals surface area contributed by atoms with E-state index >= 15 is 0 Å². The van der Waals surface area contributed by atoms with Gasteiger partial charge in [-0.15, -0.1) is 0 Å². The van der Waals surface area contributed by atoms with Crippen LogP contribution in [-0.4, -0.2) is 19.0 Å². The standard InChI is InChI=1S/C18H19BrN2O/c1-13-11-15(8-9-16(13)19)20-12-18(22)21-10-4-6-14-5-2-3-7-17(14)21/h2-3,5,7-9,11,20H,4,6,10,12H2,1H3. The van der Waals surface area contributed by atoms with Crippen LogP contribution >= 0.6 is 15.9 Å². The molecule has 0 aromatic heterocycles. The molecule has 0 atom stereocenters. The third-order valence-electron chi connectivity index (χ3n) is 4.01. The lowest BCUT2D eigenvalue weighted by Crippen LogP contribution is -2.39. The topological polar surface area (TPSA) is 32.3 Å². The monoisotopic (exact) mass is 358 g/mol. The molecule has 1 aliphatic rings. The highest BCUT2D eigenvalue weighted by molar-refractivity contribution is 9.10. The Balaban J connectivity index is 1.69. The number of rotatable bonds is 3. The zero-order valence-electron chi connectivity index (χ0n) is 12.6. The second-order valence-corrected chi connectivity index (χ2v) is 6.45. The van der Waals surface area contributed by atoms with Gasteiger partial charge in [-0.1, -0.05) is 34.1 Å². The van der Waals surface area contributed by atoms with Crippen molar-refractivity contribution in [3.8, 4) is 0 Å². The number of carbonyl (C=O) groups excluding carboxylic acids is 1. The molecule has 1 heterocycles. The van der Waals surface area contributed by atoms with E-state index in [2.05, 4.69) is 27.3 Å². The summed E-state index contributed by atoms with van der Waals surface area (Å²) < 4.78 is 1.08. The van der Waals surface area contributed by atoms with Gasteiger partial charge in [0.15, 0.2) is 0 Å². The van der Waals surface area contributed by atoms with E-state index in [9.17, 15) is 4.79 Å². The van der Waals surface area contributed by atoms with E-state index < -0.39 is 0 Å². The number of fused-ring (bicyclic) bond motifs is 1. The Hall–Kier alpha value is -1.81.